The summed E-state index contributed by atoms with van der Waals surface area (Å²) in [7, 11) is -0.0886. The summed E-state index contributed by atoms with van der Waals surface area (Å²) < 4.78 is 32.6. The van der Waals surface area contributed by atoms with Gasteiger partial charge >= 0.3 is 0 Å². The summed E-state index contributed by atoms with van der Waals surface area (Å²) in [5, 5.41) is 0.326. The number of hydrogen-bond acceptors (Lipinski definition) is 4. The maximum absolute atomic E-state index is 13.0. The van der Waals surface area contributed by atoms with Gasteiger partial charge in [0.05, 0.1) is 16.7 Å². The molecule has 130 valence electrons. The summed E-state index contributed by atoms with van der Waals surface area (Å²) in [4.78, 5) is 2.09. The van der Waals surface area contributed by atoms with Crippen LogP contribution in [0.25, 0.3) is 0 Å². The molecule has 8 heteroatoms. The quantitative estimate of drug-likeness (QED) is 0.729. The topological polar surface area (TPSA) is 49.9 Å². The highest BCUT2D eigenvalue weighted by Gasteiger charge is 2.37. The van der Waals surface area contributed by atoms with E-state index in [4.69, 9.17) is 27.9 Å². The Bertz CT molecular complexity index is 619. The van der Waals surface area contributed by atoms with Crippen molar-refractivity contribution >= 4 is 33.2 Å². The zero-order valence-electron chi connectivity index (χ0n) is 13.3. The third-order valence-electron chi connectivity index (χ3n) is 4.01. The predicted molar refractivity (Wildman–Crippen MR) is 92.7 cm³/mol. The van der Waals surface area contributed by atoms with E-state index >= 15 is 0 Å². The first-order valence-corrected chi connectivity index (χ1v) is 9.71. The van der Waals surface area contributed by atoms with Gasteiger partial charge in [0.1, 0.15) is 4.90 Å². The second kappa shape index (κ2) is 8.14. The molecule has 1 aromatic carbocycles. The number of likely N-dealkylation sites (N-methyl/N-ethyl adjacent to an activating group) is 1. The fourth-order valence-corrected chi connectivity index (χ4v) is 5.63. The lowest BCUT2D eigenvalue weighted by Crippen LogP contribution is -2.43. The van der Waals surface area contributed by atoms with Crippen LogP contribution in [0.1, 0.15) is 12.8 Å². The first-order valence-electron chi connectivity index (χ1n) is 7.51. The summed E-state index contributed by atoms with van der Waals surface area (Å²) in [6.07, 6.45) is 1.67. The van der Waals surface area contributed by atoms with Gasteiger partial charge in [-0.1, -0.05) is 29.3 Å². The molecular weight excluding hydrogens is 359 g/mol. The molecular formula is C15H22Cl2N2O3S. The summed E-state index contributed by atoms with van der Waals surface area (Å²) >= 11 is 12.2. The Morgan fingerprint density at radius 2 is 2.00 bits per heavy atom. The van der Waals surface area contributed by atoms with E-state index in [0.29, 0.717) is 19.7 Å². The highest BCUT2D eigenvalue weighted by Crippen LogP contribution is 2.34. The second-order valence-corrected chi connectivity index (χ2v) is 8.36. The van der Waals surface area contributed by atoms with E-state index in [0.717, 1.165) is 19.4 Å². The average Bonchev–Trinajstić information content (AvgIpc) is 2.93. The molecule has 1 atom stereocenters. The van der Waals surface area contributed by atoms with E-state index in [1.165, 1.54) is 4.31 Å². The molecule has 1 saturated heterocycles. The largest absolute Gasteiger partial charge is 0.383 e. The van der Waals surface area contributed by atoms with Gasteiger partial charge in [0.15, 0.2) is 0 Å². The van der Waals surface area contributed by atoms with Crippen molar-refractivity contribution in [2.75, 3.05) is 40.4 Å². The van der Waals surface area contributed by atoms with Crippen molar-refractivity contribution in [2.45, 2.75) is 23.8 Å². The Morgan fingerprint density at radius 1 is 1.35 bits per heavy atom. The highest BCUT2D eigenvalue weighted by molar-refractivity contribution is 7.89. The molecule has 1 aliphatic heterocycles. The van der Waals surface area contributed by atoms with Gasteiger partial charge in [0.25, 0.3) is 0 Å². The highest BCUT2D eigenvalue weighted by atomic mass is 35.5. The monoisotopic (exact) mass is 380 g/mol. The zero-order valence-corrected chi connectivity index (χ0v) is 15.7. The summed E-state index contributed by atoms with van der Waals surface area (Å²) in [6, 6.07) is 4.67. The molecule has 1 fully saturated rings. The third kappa shape index (κ3) is 4.38. The number of nitrogens with zero attached hydrogens (tertiary/aromatic N) is 2. The van der Waals surface area contributed by atoms with Crippen LogP contribution in [-0.4, -0.2) is 64.1 Å². The molecule has 23 heavy (non-hydrogen) atoms. The standard InChI is InChI=1S/C15H22Cl2N2O3S/c1-18(9-10-22-2)11-12-5-4-8-19(12)23(20,21)15-13(16)6-3-7-14(15)17/h3,6-7,12H,4-5,8-11H2,1-2H3. The lowest BCUT2D eigenvalue weighted by Gasteiger charge is -2.28. The molecule has 2 rings (SSSR count). The van der Waals surface area contributed by atoms with Gasteiger partial charge in [0.2, 0.25) is 10.0 Å². The number of hydrogen-bond donors (Lipinski definition) is 0. The molecule has 0 spiro atoms. The molecule has 1 unspecified atom stereocenters. The maximum Gasteiger partial charge on any atom is 0.246 e. The summed E-state index contributed by atoms with van der Waals surface area (Å²) in [6.45, 7) is 2.53. The normalized spacial score (nSPS) is 19.6. The molecule has 0 aliphatic carbocycles. The number of benzene rings is 1. The Morgan fingerprint density at radius 3 is 2.61 bits per heavy atom. The van der Waals surface area contributed by atoms with Crippen molar-refractivity contribution in [1.82, 2.24) is 9.21 Å². The van der Waals surface area contributed by atoms with E-state index < -0.39 is 10.0 Å². The Hall–Kier alpha value is -0.370. The van der Waals surface area contributed by atoms with E-state index in [-0.39, 0.29) is 21.0 Å². The fourth-order valence-electron chi connectivity index (χ4n) is 2.85. The lowest BCUT2D eigenvalue weighted by atomic mass is 10.2. The first kappa shape index (κ1) is 19.0. The molecule has 1 aliphatic rings. The summed E-state index contributed by atoms with van der Waals surface area (Å²) in [5.41, 5.74) is 0. The number of methoxy groups -OCH3 is 1. The van der Waals surface area contributed by atoms with Gasteiger partial charge in [-0.2, -0.15) is 4.31 Å². The van der Waals surface area contributed by atoms with Crippen LogP contribution < -0.4 is 0 Å². The first-order chi connectivity index (χ1) is 10.9. The van der Waals surface area contributed by atoms with Crippen LogP contribution in [0, 0.1) is 0 Å². The van der Waals surface area contributed by atoms with Crippen molar-refractivity contribution in [1.29, 1.82) is 0 Å². The Balaban J connectivity index is 2.21. The number of ether oxygens (including phenoxy) is 1. The SMILES string of the molecule is COCCN(C)CC1CCCN1S(=O)(=O)c1c(Cl)cccc1Cl. The van der Waals surface area contributed by atoms with Crippen LogP contribution in [0.5, 0.6) is 0 Å². The average molecular weight is 381 g/mol. The second-order valence-electron chi connectivity index (χ2n) is 5.72. The molecule has 0 saturated carbocycles. The lowest BCUT2D eigenvalue weighted by molar-refractivity contribution is 0.151. The fraction of sp³-hybridized carbons (Fsp3) is 0.600. The molecule has 0 aromatic heterocycles. The third-order valence-corrected chi connectivity index (χ3v) is 6.92. The van der Waals surface area contributed by atoms with Crippen molar-refractivity contribution in [3.63, 3.8) is 0 Å². The minimum atomic E-state index is -3.70. The minimum absolute atomic E-state index is 0.00905. The van der Waals surface area contributed by atoms with Crippen molar-refractivity contribution < 1.29 is 13.2 Å². The van der Waals surface area contributed by atoms with Gasteiger partial charge in [0, 0.05) is 32.8 Å². The van der Waals surface area contributed by atoms with Gasteiger partial charge in [-0.25, -0.2) is 8.42 Å². The molecule has 5 nitrogen and oxygen atoms in total. The molecule has 1 heterocycles. The van der Waals surface area contributed by atoms with E-state index in [1.807, 2.05) is 7.05 Å². The van der Waals surface area contributed by atoms with Gasteiger partial charge in [-0.05, 0) is 32.0 Å². The van der Waals surface area contributed by atoms with Gasteiger partial charge in [-0.3, -0.25) is 0 Å². The smallest absolute Gasteiger partial charge is 0.246 e. The van der Waals surface area contributed by atoms with E-state index in [1.54, 1.807) is 25.3 Å². The Kier molecular flexibility index (Phi) is 6.71. The van der Waals surface area contributed by atoms with Crippen LogP contribution >= 0.6 is 23.2 Å². The molecule has 1 aromatic rings. The number of halogens is 2. The van der Waals surface area contributed by atoms with Crippen molar-refractivity contribution in [3.8, 4) is 0 Å². The van der Waals surface area contributed by atoms with Crippen molar-refractivity contribution in [2.24, 2.45) is 0 Å². The molecule has 0 N–H and O–H groups in total. The summed E-state index contributed by atoms with van der Waals surface area (Å²) in [5.74, 6) is 0. The zero-order chi connectivity index (χ0) is 17.0. The van der Waals surface area contributed by atoms with E-state index in [2.05, 4.69) is 4.90 Å². The van der Waals surface area contributed by atoms with Crippen LogP contribution in [0.15, 0.2) is 23.1 Å². The van der Waals surface area contributed by atoms with Gasteiger partial charge in [-0.15, -0.1) is 0 Å². The predicted octanol–water partition coefficient (Wildman–Crippen LogP) is 2.72. The van der Waals surface area contributed by atoms with Crippen LogP contribution in [0.4, 0.5) is 0 Å². The van der Waals surface area contributed by atoms with Crippen LogP contribution in [-0.2, 0) is 14.8 Å². The minimum Gasteiger partial charge on any atom is -0.383 e. The molecule has 0 bridgehead atoms. The molecule has 0 amide bonds. The van der Waals surface area contributed by atoms with Crippen LogP contribution in [0.3, 0.4) is 0 Å². The van der Waals surface area contributed by atoms with E-state index in [9.17, 15) is 8.42 Å². The Labute approximate surface area is 148 Å². The van der Waals surface area contributed by atoms with Gasteiger partial charge < -0.3 is 9.64 Å². The maximum atomic E-state index is 13.0. The van der Waals surface area contributed by atoms with Crippen LogP contribution in [0.2, 0.25) is 10.0 Å². The number of rotatable bonds is 7. The van der Waals surface area contributed by atoms with Crippen molar-refractivity contribution in [3.05, 3.63) is 28.2 Å². The molecule has 0 radical (unpaired) electrons. The number of sulfonamides is 1.